The first-order valence-corrected chi connectivity index (χ1v) is 4.70. The molecule has 0 atom stereocenters. The highest BCUT2D eigenvalue weighted by Gasteiger charge is 2.14. The van der Waals surface area contributed by atoms with Gasteiger partial charge in [-0.25, -0.2) is 4.79 Å². The SMILES string of the molecule is COC(=O)c1c[nH]c2c(C)ccnc2c1=O. The summed E-state index contributed by atoms with van der Waals surface area (Å²) in [6, 6.07) is 1.79. The van der Waals surface area contributed by atoms with Crippen LogP contribution in [-0.4, -0.2) is 23.0 Å². The molecule has 0 fully saturated rings. The van der Waals surface area contributed by atoms with Gasteiger partial charge in [-0.3, -0.25) is 9.78 Å². The summed E-state index contributed by atoms with van der Waals surface area (Å²) in [5.74, 6) is -0.661. The molecule has 0 radical (unpaired) electrons. The van der Waals surface area contributed by atoms with Crippen LogP contribution in [-0.2, 0) is 4.74 Å². The molecule has 0 spiro atoms. The molecule has 0 saturated heterocycles. The molecule has 2 aromatic rings. The molecule has 5 heteroatoms. The number of pyridine rings is 2. The molecule has 0 aromatic carbocycles. The van der Waals surface area contributed by atoms with E-state index in [2.05, 4.69) is 14.7 Å². The van der Waals surface area contributed by atoms with Crippen molar-refractivity contribution in [2.24, 2.45) is 0 Å². The number of H-pyrrole nitrogens is 1. The maximum atomic E-state index is 11.9. The molecular formula is C11H10N2O3. The molecule has 2 aromatic heterocycles. The highest BCUT2D eigenvalue weighted by molar-refractivity contribution is 5.92. The van der Waals surface area contributed by atoms with Crippen LogP contribution in [0, 0.1) is 6.92 Å². The number of carbonyl (C=O) groups is 1. The Labute approximate surface area is 91.1 Å². The van der Waals surface area contributed by atoms with Gasteiger partial charge in [0.15, 0.2) is 0 Å². The lowest BCUT2D eigenvalue weighted by Crippen LogP contribution is -2.18. The first-order chi connectivity index (χ1) is 7.65. The lowest BCUT2D eigenvalue weighted by molar-refractivity contribution is 0.0599. The van der Waals surface area contributed by atoms with Crippen molar-refractivity contribution in [1.82, 2.24) is 9.97 Å². The molecular weight excluding hydrogens is 208 g/mol. The Bertz CT molecular complexity index is 616. The van der Waals surface area contributed by atoms with Gasteiger partial charge >= 0.3 is 5.97 Å². The van der Waals surface area contributed by atoms with Crippen LogP contribution in [0.5, 0.6) is 0 Å². The molecule has 0 aliphatic rings. The number of methoxy groups -OCH3 is 1. The summed E-state index contributed by atoms with van der Waals surface area (Å²) in [5, 5.41) is 0. The third-order valence-corrected chi connectivity index (χ3v) is 2.39. The number of nitrogens with zero attached hydrogens (tertiary/aromatic N) is 1. The van der Waals surface area contributed by atoms with Gasteiger partial charge in [0, 0.05) is 12.4 Å². The molecule has 2 rings (SSSR count). The fourth-order valence-corrected chi connectivity index (χ4v) is 1.51. The highest BCUT2D eigenvalue weighted by Crippen LogP contribution is 2.10. The lowest BCUT2D eigenvalue weighted by Gasteiger charge is -2.02. The average Bonchev–Trinajstić information content (AvgIpc) is 2.30. The van der Waals surface area contributed by atoms with Crippen molar-refractivity contribution in [1.29, 1.82) is 0 Å². The zero-order chi connectivity index (χ0) is 11.7. The first kappa shape index (κ1) is 10.4. The number of aryl methyl sites for hydroxylation is 1. The van der Waals surface area contributed by atoms with Crippen LogP contribution < -0.4 is 5.43 Å². The van der Waals surface area contributed by atoms with Gasteiger partial charge in [0.25, 0.3) is 0 Å². The van der Waals surface area contributed by atoms with Gasteiger partial charge in [0.1, 0.15) is 11.1 Å². The number of rotatable bonds is 1. The van der Waals surface area contributed by atoms with E-state index in [1.807, 2.05) is 6.92 Å². The van der Waals surface area contributed by atoms with Crippen LogP contribution in [0.2, 0.25) is 0 Å². The van der Waals surface area contributed by atoms with Gasteiger partial charge in [-0.2, -0.15) is 0 Å². The Hall–Kier alpha value is -2.17. The van der Waals surface area contributed by atoms with Crippen molar-refractivity contribution >= 4 is 17.0 Å². The molecule has 0 amide bonds. The lowest BCUT2D eigenvalue weighted by atomic mass is 10.2. The molecule has 0 saturated carbocycles. The number of esters is 1. The number of fused-ring (bicyclic) bond motifs is 1. The molecule has 16 heavy (non-hydrogen) atoms. The van der Waals surface area contributed by atoms with Crippen LogP contribution in [0.3, 0.4) is 0 Å². The largest absolute Gasteiger partial charge is 0.465 e. The van der Waals surface area contributed by atoms with Crippen molar-refractivity contribution in [3.63, 3.8) is 0 Å². The Balaban J connectivity index is 2.81. The van der Waals surface area contributed by atoms with Gasteiger partial charge in [0.2, 0.25) is 5.43 Å². The Morgan fingerprint density at radius 1 is 1.50 bits per heavy atom. The van der Waals surface area contributed by atoms with Gasteiger partial charge in [-0.05, 0) is 18.6 Å². The number of ether oxygens (including phenoxy) is 1. The zero-order valence-electron chi connectivity index (χ0n) is 8.90. The minimum atomic E-state index is -0.661. The van der Waals surface area contributed by atoms with Crippen LogP contribution in [0.25, 0.3) is 11.0 Å². The quantitative estimate of drug-likeness (QED) is 0.725. The van der Waals surface area contributed by atoms with Gasteiger partial charge < -0.3 is 9.72 Å². The molecule has 0 unspecified atom stereocenters. The Morgan fingerprint density at radius 2 is 2.25 bits per heavy atom. The van der Waals surface area contributed by atoms with Crippen LogP contribution >= 0.6 is 0 Å². The average molecular weight is 218 g/mol. The van der Waals surface area contributed by atoms with E-state index in [0.29, 0.717) is 5.52 Å². The fourth-order valence-electron chi connectivity index (χ4n) is 1.51. The second-order valence-electron chi connectivity index (χ2n) is 3.37. The van der Waals surface area contributed by atoms with E-state index in [1.165, 1.54) is 19.5 Å². The van der Waals surface area contributed by atoms with E-state index in [9.17, 15) is 9.59 Å². The van der Waals surface area contributed by atoms with E-state index >= 15 is 0 Å². The van der Waals surface area contributed by atoms with E-state index < -0.39 is 11.4 Å². The molecule has 0 bridgehead atoms. The summed E-state index contributed by atoms with van der Waals surface area (Å²) in [5.41, 5.74) is 1.35. The highest BCUT2D eigenvalue weighted by atomic mass is 16.5. The second-order valence-corrected chi connectivity index (χ2v) is 3.37. The van der Waals surface area contributed by atoms with Gasteiger partial charge in [0.05, 0.1) is 12.6 Å². The topological polar surface area (TPSA) is 72.1 Å². The third kappa shape index (κ3) is 1.46. The number of aromatic amines is 1. The molecule has 0 aliphatic carbocycles. The molecule has 2 heterocycles. The smallest absolute Gasteiger partial charge is 0.343 e. The number of nitrogens with one attached hydrogen (secondary N) is 1. The second kappa shape index (κ2) is 3.77. The van der Waals surface area contributed by atoms with Crippen LogP contribution in [0.15, 0.2) is 23.3 Å². The summed E-state index contributed by atoms with van der Waals surface area (Å²) in [6.07, 6.45) is 2.89. The number of hydrogen-bond acceptors (Lipinski definition) is 4. The van der Waals surface area contributed by atoms with Gasteiger partial charge in [-0.15, -0.1) is 0 Å². The van der Waals surface area contributed by atoms with Crippen molar-refractivity contribution in [3.8, 4) is 0 Å². The standard InChI is InChI=1S/C11H10N2O3/c1-6-3-4-12-9-8(6)13-5-7(10(9)14)11(15)16-2/h3-5H,1-2H3,(H,13,14). The Morgan fingerprint density at radius 3 is 2.94 bits per heavy atom. The van der Waals surface area contributed by atoms with E-state index in [1.54, 1.807) is 6.07 Å². The van der Waals surface area contributed by atoms with Crippen LogP contribution in [0.1, 0.15) is 15.9 Å². The fraction of sp³-hybridized carbons (Fsp3) is 0.182. The number of hydrogen-bond donors (Lipinski definition) is 1. The maximum absolute atomic E-state index is 11.9. The first-order valence-electron chi connectivity index (χ1n) is 4.70. The van der Waals surface area contributed by atoms with E-state index in [0.717, 1.165) is 5.56 Å². The summed E-state index contributed by atoms with van der Waals surface area (Å²) in [7, 11) is 1.23. The third-order valence-electron chi connectivity index (χ3n) is 2.39. The van der Waals surface area contributed by atoms with Crippen LogP contribution in [0.4, 0.5) is 0 Å². The summed E-state index contributed by atoms with van der Waals surface area (Å²) >= 11 is 0. The van der Waals surface area contributed by atoms with Crippen molar-refractivity contribution in [2.45, 2.75) is 6.92 Å². The summed E-state index contributed by atoms with van der Waals surface area (Å²) in [6.45, 7) is 1.86. The predicted molar refractivity (Wildman–Crippen MR) is 58.4 cm³/mol. The zero-order valence-corrected chi connectivity index (χ0v) is 8.90. The summed E-state index contributed by atoms with van der Waals surface area (Å²) < 4.78 is 4.51. The normalized spacial score (nSPS) is 10.4. The number of aromatic nitrogens is 2. The molecule has 5 nitrogen and oxygen atoms in total. The molecule has 1 N–H and O–H groups in total. The monoisotopic (exact) mass is 218 g/mol. The molecule has 82 valence electrons. The maximum Gasteiger partial charge on any atom is 0.343 e. The van der Waals surface area contributed by atoms with Crippen molar-refractivity contribution in [3.05, 3.63) is 39.8 Å². The minimum absolute atomic E-state index is 0.0342. The molecule has 0 aliphatic heterocycles. The van der Waals surface area contributed by atoms with Crippen molar-refractivity contribution in [2.75, 3.05) is 7.11 Å². The van der Waals surface area contributed by atoms with E-state index in [-0.39, 0.29) is 11.1 Å². The van der Waals surface area contributed by atoms with Gasteiger partial charge in [-0.1, -0.05) is 0 Å². The Kier molecular flexibility index (Phi) is 2.44. The minimum Gasteiger partial charge on any atom is -0.465 e. The van der Waals surface area contributed by atoms with Crippen molar-refractivity contribution < 1.29 is 9.53 Å². The number of carbonyl (C=O) groups excluding carboxylic acids is 1. The summed E-state index contributed by atoms with van der Waals surface area (Å²) in [4.78, 5) is 30.0. The van der Waals surface area contributed by atoms with E-state index in [4.69, 9.17) is 0 Å². The predicted octanol–water partition coefficient (Wildman–Crippen LogP) is 1.02.